The highest BCUT2D eigenvalue weighted by molar-refractivity contribution is 6.30. The number of tetrazole rings is 1. The number of carbonyl (C=O) groups is 1. The fourth-order valence-electron chi connectivity index (χ4n) is 2.80. The van der Waals surface area contributed by atoms with E-state index in [1.54, 1.807) is 11.0 Å². The summed E-state index contributed by atoms with van der Waals surface area (Å²) in [6.45, 7) is 1.14. The second-order valence-electron chi connectivity index (χ2n) is 6.07. The molecule has 1 aromatic heterocycles. The molecule has 7 heteroatoms. The van der Waals surface area contributed by atoms with E-state index in [-0.39, 0.29) is 11.8 Å². The molecular formula is C19H20ClN5O. The van der Waals surface area contributed by atoms with Crippen molar-refractivity contribution < 1.29 is 4.79 Å². The van der Waals surface area contributed by atoms with Crippen molar-refractivity contribution in [3.63, 3.8) is 0 Å². The summed E-state index contributed by atoms with van der Waals surface area (Å²) in [6, 6.07) is 17.6. The SMILES string of the molecule is O=C(C[C@@H](Cn1cnnn1)c1ccc(Cl)cc1)NCCc1ccccc1. The maximum absolute atomic E-state index is 12.4. The number of halogens is 1. The molecule has 0 unspecified atom stereocenters. The van der Waals surface area contributed by atoms with Crippen LogP contribution in [0.1, 0.15) is 23.5 Å². The number of nitrogens with one attached hydrogen (secondary N) is 1. The Bertz CT molecular complexity index is 806. The van der Waals surface area contributed by atoms with Gasteiger partial charge in [0.15, 0.2) is 0 Å². The zero-order chi connectivity index (χ0) is 18.2. The predicted octanol–water partition coefficient (Wildman–Crippen LogP) is 2.86. The van der Waals surface area contributed by atoms with Crippen LogP contribution in [0.2, 0.25) is 5.02 Å². The van der Waals surface area contributed by atoms with Gasteiger partial charge in [-0.1, -0.05) is 54.1 Å². The molecule has 26 heavy (non-hydrogen) atoms. The van der Waals surface area contributed by atoms with Gasteiger partial charge in [0, 0.05) is 23.9 Å². The van der Waals surface area contributed by atoms with Crippen molar-refractivity contribution >= 4 is 17.5 Å². The molecule has 0 saturated carbocycles. The zero-order valence-electron chi connectivity index (χ0n) is 14.3. The summed E-state index contributed by atoms with van der Waals surface area (Å²) in [4.78, 5) is 12.4. The molecule has 2 aromatic carbocycles. The summed E-state index contributed by atoms with van der Waals surface area (Å²) in [5.41, 5.74) is 2.24. The van der Waals surface area contributed by atoms with Gasteiger partial charge < -0.3 is 5.32 Å². The quantitative estimate of drug-likeness (QED) is 0.662. The maximum Gasteiger partial charge on any atom is 0.220 e. The Hall–Kier alpha value is -2.73. The lowest BCUT2D eigenvalue weighted by atomic mass is 9.95. The molecule has 134 valence electrons. The summed E-state index contributed by atoms with van der Waals surface area (Å²) in [5, 5.41) is 14.9. The molecule has 0 aliphatic rings. The lowest BCUT2D eigenvalue weighted by molar-refractivity contribution is -0.121. The average Bonchev–Trinajstić information content (AvgIpc) is 3.16. The van der Waals surface area contributed by atoms with Crippen LogP contribution in [0.5, 0.6) is 0 Å². The van der Waals surface area contributed by atoms with E-state index < -0.39 is 0 Å². The van der Waals surface area contributed by atoms with Gasteiger partial charge in [-0.15, -0.1) is 5.10 Å². The van der Waals surface area contributed by atoms with Gasteiger partial charge in [0.25, 0.3) is 0 Å². The standard InChI is InChI=1S/C19H20ClN5O/c20-18-8-6-16(7-9-18)17(13-25-14-22-23-24-25)12-19(26)21-11-10-15-4-2-1-3-5-15/h1-9,14,17H,10-13H2,(H,21,26)/t17-/m0/s1. The summed E-state index contributed by atoms with van der Waals surface area (Å²) >= 11 is 5.97. The Labute approximate surface area is 157 Å². The molecule has 0 spiro atoms. The summed E-state index contributed by atoms with van der Waals surface area (Å²) in [5.74, 6) is -0.0264. The molecule has 0 aliphatic heterocycles. The van der Waals surface area contributed by atoms with Crippen molar-refractivity contribution in [3.05, 3.63) is 77.1 Å². The number of carbonyl (C=O) groups excluding carboxylic acids is 1. The third-order valence-corrected chi connectivity index (χ3v) is 4.40. The van der Waals surface area contributed by atoms with E-state index >= 15 is 0 Å². The molecule has 6 nitrogen and oxygen atoms in total. The van der Waals surface area contributed by atoms with Crippen LogP contribution in [-0.2, 0) is 17.8 Å². The van der Waals surface area contributed by atoms with Gasteiger partial charge in [-0.3, -0.25) is 4.79 Å². The van der Waals surface area contributed by atoms with Crippen LogP contribution >= 0.6 is 11.6 Å². The van der Waals surface area contributed by atoms with E-state index in [0.29, 0.717) is 24.5 Å². The van der Waals surface area contributed by atoms with Crippen molar-refractivity contribution in [1.29, 1.82) is 0 Å². The van der Waals surface area contributed by atoms with Crippen molar-refractivity contribution in [2.24, 2.45) is 0 Å². The van der Waals surface area contributed by atoms with E-state index in [9.17, 15) is 4.79 Å². The molecule has 3 rings (SSSR count). The molecule has 0 bridgehead atoms. The molecule has 0 aliphatic carbocycles. The molecule has 1 heterocycles. The molecule has 1 atom stereocenters. The zero-order valence-corrected chi connectivity index (χ0v) is 15.0. The summed E-state index contributed by atoms with van der Waals surface area (Å²) < 4.78 is 1.64. The average molecular weight is 370 g/mol. The minimum atomic E-state index is -0.0347. The van der Waals surface area contributed by atoms with E-state index in [2.05, 4.69) is 33.0 Å². The fourth-order valence-corrected chi connectivity index (χ4v) is 2.93. The van der Waals surface area contributed by atoms with Gasteiger partial charge in [-0.05, 0) is 40.1 Å². The molecule has 0 fully saturated rings. The normalized spacial score (nSPS) is 11.9. The maximum atomic E-state index is 12.4. The van der Waals surface area contributed by atoms with Crippen molar-refractivity contribution in [2.75, 3.05) is 6.54 Å². The Morgan fingerprint density at radius 3 is 2.58 bits per heavy atom. The van der Waals surface area contributed by atoms with Crippen LogP contribution in [0.25, 0.3) is 0 Å². The Kier molecular flexibility index (Phi) is 6.33. The van der Waals surface area contributed by atoms with E-state index in [0.717, 1.165) is 12.0 Å². The largest absolute Gasteiger partial charge is 0.356 e. The third-order valence-electron chi connectivity index (χ3n) is 4.15. The van der Waals surface area contributed by atoms with Crippen molar-refractivity contribution in [2.45, 2.75) is 25.3 Å². The third kappa shape index (κ3) is 5.39. The Morgan fingerprint density at radius 2 is 1.88 bits per heavy atom. The molecule has 1 N–H and O–H groups in total. The molecular weight excluding hydrogens is 350 g/mol. The smallest absolute Gasteiger partial charge is 0.220 e. The highest BCUT2D eigenvalue weighted by atomic mass is 35.5. The first-order valence-corrected chi connectivity index (χ1v) is 8.85. The van der Waals surface area contributed by atoms with Gasteiger partial charge in [0.1, 0.15) is 6.33 Å². The molecule has 3 aromatic rings. The van der Waals surface area contributed by atoms with Gasteiger partial charge >= 0.3 is 0 Å². The Morgan fingerprint density at radius 1 is 1.12 bits per heavy atom. The van der Waals surface area contributed by atoms with Crippen molar-refractivity contribution in [1.82, 2.24) is 25.5 Å². The Balaban J connectivity index is 1.59. The number of hydrogen-bond acceptors (Lipinski definition) is 4. The van der Waals surface area contributed by atoms with E-state index in [1.165, 1.54) is 5.56 Å². The number of aromatic nitrogens is 4. The first kappa shape index (κ1) is 18.1. The van der Waals surface area contributed by atoms with Gasteiger partial charge in [0.05, 0.1) is 6.54 Å². The second-order valence-corrected chi connectivity index (χ2v) is 6.51. The van der Waals surface area contributed by atoms with E-state index in [1.807, 2.05) is 42.5 Å². The van der Waals surface area contributed by atoms with Gasteiger partial charge in [-0.2, -0.15) is 0 Å². The summed E-state index contributed by atoms with van der Waals surface area (Å²) in [6.07, 6.45) is 2.72. The number of benzene rings is 2. The predicted molar refractivity (Wildman–Crippen MR) is 99.8 cm³/mol. The first-order valence-electron chi connectivity index (χ1n) is 8.47. The minimum Gasteiger partial charge on any atom is -0.356 e. The van der Waals surface area contributed by atoms with Crippen LogP contribution in [0.3, 0.4) is 0 Å². The van der Waals surface area contributed by atoms with Crippen LogP contribution in [-0.4, -0.2) is 32.7 Å². The first-order chi connectivity index (χ1) is 12.7. The van der Waals surface area contributed by atoms with Gasteiger partial charge in [-0.25, -0.2) is 4.68 Å². The number of rotatable bonds is 8. The van der Waals surface area contributed by atoms with Crippen LogP contribution < -0.4 is 5.32 Å². The minimum absolute atomic E-state index is 0.00829. The number of amides is 1. The van der Waals surface area contributed by atoms with Crippen molar-refractivity contribution in [3.8, 4) is 0 Å². The molecule has 0 radical (unpaired) electrons. The fraction of sp³-hybridized carbons (Fsp3) is 0.263. The van der Waals surface area contributed by atoms with E-state index in [4.69, 9.17) is 11.6 Å². The topological polar surface area (TPSA) is 72.7 Å². The summed E-state index contributed by atoms with van der Waals surface area (Å²) in [7, 11) is 0. The van der Waals surface area contributed by atoms with Crippen LogP contribution in [0.15, 0.2) is 60.9 Å². The highest BCUT2D eigenvalue weighted by Crippen LogP contribution is 2.23. The number of hydrogen-bond donors (Lipinski definition) is 1. The van der Waals surface area contributed by atoms with Crippen LogP contribution in [0.4, 0.5) is 0 Å². The molecule has 1 amide bonds. The number of nitrogens with zero attached hydrogens (tertiary/aromatic N) is 4. The highest BCUT2D eigenvalue weighted by Gasteiger charge is 2.17. The molecule has 0 saturated heterocycles. The van der Waals surface area contributed by atoms with Crippen LogP contribution in [0, 0.1) is 0 Å². The lowest BCUT2D eigenvalue weighted by Crippen LogP contribution is -2.28. The monoisotopic (exact) mass is 369 g/mol. The second kappa shape index (κ2) is 9.10. The van der Waals surface area contributed by atoms with Gasteiger partial charge in [0.2, 0.25) is 5.91 Å². The lowest BCUT2D eigenvalue weighted by Gasteiger charge is -2.17.